The molecule has 0 atom stereocenters. The lowest BCUT2D eigenvalue weighted by atomic mass is 10.0. The third kappa shape index (κ3) is 4.24. The Morgan fingerprint density at radius 2 is 1.15 bits per heavy atom. The van der Waals surface area contributed by atoms with Crippen LogP contribution in [0, 0.1) is 6.92 Å². The summed E-state index contributed by atoms with van der Waals surface area (Å²) in [6.45, 7) is 1.94. The third-order valence-corrected chi connectivity index (χ3v) is 4.00. The molecule has 0 aliphatic heterocycles. The van der Waals surface area contributed by atoms with Gasteiger partial charge in [-0.15, -0.1) is 0 Å². The number of anilines is 4. The van der Waals surface area contributed by atoms with Crippen molar-refractivity contribution in [3.8, 4) is 0 Å². The van der Waals surface area contributed by atoms with Crippen LogP contribution >= 0.6 is 0 Å². The molecule has 4 N–H and O–H groups in total. The first-order chi connectivity index (χ1) is 12.9. The quantitative estimate of drug-likeness (QED) is 0.499. The Kier molecular flexibility index (Phi) is 5.08. The molecule has 0 saturated carbocycles. The van der Waals surface area contributed by atoms with Gasteiger partial charge in [0.1, 0.15) is 0 Å². The topological polar surface area (TPSA) is 98.7 Å². The average molecular weight is 362 g/mol. The molecule has 0 aliphatic rings. The second-order valence-corrected chi connectivity index (χ2v) is 6.04. The number of hydrogen-bond acceptors (Lipinski definition) is 4. The summed E-state index contributed by atoms with van der Waals surface area (Å²) in [4.78, 5) is 23.5. The van der Waals surface area contributed by atoms with Gasteiger partial charge in [0.25, 0.3) is 0 Å². The molecule has 136 valence electrons. The minimum absolute atomic E-state index is 0.0287. The standard InChI is InChI=1S/C21H18N2O4/c1-13-7-9-15(10-8-13)23-19-12-16(20(24)25)18(11-17(19)21(26)27)22-14-5-3-2-4-6-14/h2-12,22-23H,1H3,(H,24,25)(H,26,27). The summed E-state index contributed by atoms with van der Waals surface area (Å²) in [7, 11) is 0. The van der Waals surface area contributed by atoms with E-state index in [0.29, 0.717) is 11.4 Å². The molecule has 0 aliphatic carbocycles. The van der Waals surface area contributed by atoms with Crippen LogP contribution < -0.4 is 10.6 Å². The molecule has 0 heterocycles. The number of hydrogen-bond donors (Lipinski definition) is 4. The lowest BCUT2D eigenvalue weighted by molar-refractivity contribution is 0.0683. The first kappa shape index (κ1) is 18.0. The Labute approximate surface area is 156 Å². The molecular formula is C21H18N2O4. The van der Waals surface area contributed by atoms with Gasteiger partial charge in [-0.25, -0.2) is 9.59 Å². The molecule has 0 radical (unpaired) electrons. The summed E-state index contributed by atoms with van der Waals surface area (Å²) < 4.78 is 0. The number of benzene rings is 3. The molecule has 0 amide bonds. The van der Waals surface area contributed by atoms with Gasteiger partial charge in [-0.05, 0) is 43.3 Å². The maximum atomic E-state index is 11.7. The molecule has 6 nitrogen and oxygen atoms in total. The van der Waals surface area contributed by atoms with E-state index in [1.165, 1.54) is 12.1 Å². The zero-order chi connectivity index (χ0) is 19.4. The Morgan fingerprint density at radius 3 is 1.59 bits per heavy atom. The van der Waals surface area contributed by atoms with Gasteiger partial charge >= 0.3 is 11.9 Å². The highest BCUT2D eigenvalue weighted by Crippen LogP contribution is 2.30. The van der Waals surface area contributed by atoms with Crippen molar-refractivity contribution in [3.05, 3.63) is 83.4 Å². The van der Waals surface area contributed by atoms with Crippen molar-refractivity contribution < 1.29 is 19.8 Å². The number of rotatable bonds is 6. The van der Waals surface area contributed by atoms with Crippen molar-refractivity contribution in [3.63, 3.8) is 0 Å². The number of aryl methyl sites for hydroxylation is 1. The Balaban J connectivity index is 2.05. The van der Waals surface area contributed by atoms with Crippen molar-refractivity contribution in [2.24, 2.45) is 0 Å². The number of carboxylic acids is 2. The molecule has 0 saturated heterocycles. The molecule has 0 fully saturated rings. The van der Waals surface area contributed by atoms with E-state index in [2.05, 4.69) is 10.6 Å². The monoisotopic (exact) mass is 362 g/mol. The third-order valence-electron chi connectivity index (χ3n) is 4.00. The van der Waals surface area contributed by atoms with Crippen molar-refractivity contribution >= 4 is 34.7 Å². The predicted molar refractivity (Wildman–Crippen MR) is 105 cm³/mol. The van der Waals surface area contributed by atoms with Gasteiger partial charge in [-0.2, -0.15) is 0 Å². The summed E-state index contributed by atoms with van der Waals surface area (Å²) >= 11 is 0. The Morgan fingerprint density at radius 1 is 0.704 bits per heavy atom. The van der Waals surface area contributed by atoms with Crippen LogP contribution in [0.25, 0.3) is 0 Å². The van der Waals surface area contributed by atoms with E-state index in [1.54, 1.807) is 36.4 Å². The molecule has 0 aromatic heterocycles. The molecule has 0 spiro atoms. The van der Waals surface area contributed by atoms with Crippen molar-refractivity contribution in [2.45, 2.75) is 6.92 Å². The molecule has 0 bridgehead atoms. The number of carbonyl (C=O) groups is 2. The lowest BCUT2D eigenvalue weighted by Gasteiger charge is -2.15. The molecule has 3 rings (SSSR count). The van der Waals surface area contributed by atoms with Crippen LogP contribution in [0.15, 0.2) is 66.7 Å². The summed E-state index contributed by atoms with van der Waals surface area (Å²) in [6, 6.07) is 19.0. The van der Waals surface area contributed by atoms with Gasteiger partial charge in [-0.1, -0.05) is 35.9 Å². The molecule has 3 aromatic carbocycles. The molecule has 6 heteroatoms. The van der Waals surface area contributed by atoms with Gasteiger partial charge in [0.15, 0.2) is 0 Å². The molecule has 27 heavy (non-hydrogen) atoms. The highest BCUT2D eigenvalue weighted by molar-refractivity contribution is 6.03. The molecule has 0 unspecified atom stereocenters. The van der Waals surface area contributed by atoms with Crippen LogP contribution in [-0.2, 0) is 0 Å². The smallest absolute Gasteiger partial charge is 0.337 e. The summed E-state index contributed by atoms with van der Waals surface area (Å²) in [5, 5.41) is 25.1. The fraction of sp³-hybridized carbons (Fsp3) is 0.0476. The van der Waals surface area contributed by atoms with E-state index in [4.69, 9.17) is 0 Å². The van der Waals surface area contributed by atoms with Gasteiger partial charge < -0.3 is 20.8 Å². The molecule has 3 aromatic rings. The van der Waals surface area contributed by atoms with Crippen molar-refractivity contribution in [1.82, 2.24) is 0 Å². The van der Waals surface area contributed by atoms with E-state index in [-0.39, 0.29) is 22.5 Å². The number of aromatic carboxylic acids is 2. The first-order valence-corrected chi connectivity index (χ1v) is 8.24. The van der Waals surface area contributed by atoms with E-state index >= 15 is 0 Å². The highest BCUT2D eigenvalue weighted by atomic mass is 16.4. The van der Waals surface area contributed by atoms with Gasteiger partial charge in [0.05, 0.1) is 22.5 Å². The van der Waals surface area contributed by atoms with Gasteiger partial charge in [0.2, 0.25) is 0 Å². The van der Waals surface area contributed by atoms with Crippen LogP contribution in [0.5, 0.6) is 0 Å². The Hall–Kier alpha value is -3.80. The Bertz CT molecular complexity index is 983. The zero-order valence-electron chi connectivity index (χ0n) is 14.6. The predicted octanol–water partition coefficient (Wildman–Crippen LogP) is 4.88. The maximum absolute atomic E-state index is 11.7. The van der Waals surface area contributed by atoms with Crippen LogP contribution in [0.3, 0.4) is 0 Å². The van der Waals surface area contributed by atoms with E-state index in [0.717, 1.165) is 5.56 Å². The average Bonchev–Trinajstić information content (AvgIpc) is 2.65. The minimum Gasteiger partial charge on any atom is -0.478 e. The zero-order valence-corrected chi connectivity index (χ0v) is 14.6. The summed E-state index contributed by atoms with van der Waals surface area (Å²) in [6.07, 6.45) is 0. The number of carboxylic acid groups (broad SMARTS) is 2. The van der Waals surface area contributed by atoms with Gasteiger partial charge in [-0.3, -0.25) is 0 Å². The van der Waals surface area contributed by atoms with Crippen LogP contribution in [0.4, 0.5) is 22.7 Å². The van der Waals surface area contributed by atoms with Crippen LogP contribution in [-0.4, -0.2) is 22.2 Å². The molecular weight excluding hydrogens is 344 g/mol. The van der Waals surface area contributed by atoms with Crippen molar-refractivity contribution in [2.75, 3.05) is 10.6 Å². The van der Waals surface area contributed by atoms with E-state index in [1.807, 2.05) is 25.1 Å². The second-order valence-electron chi connectivity index (χ2n) is 6.04. The fourth-order valence-corrected chi connectivity index (χ4v) is 2.63. The first-order valence-electron chi connectivity index (χ1n) is 8.24. The largest absolute Gasteiger partial charge is 0.478 e. The van der Waals surface area contributed by atoms with Gasteiger partial charge in [0, 0.05) is 11.4 Å². The van der Waals surface area contributed by atoms with Crippen LogP contribution in [0.2, 0.25) is 0 Å². The number of para-hydroxylation sites is 1. The summed E-state index contributed by atoms with van der Waals surface area (Å²) in [5.41, 5.74) is 2.76. The lowest BCUT2D eigenvalue weighted by Crippen LogP contribution is -2.09. The fourth-order valence-electron chi connectivity index (χ4n) is 2.63. The van der Waals surface area contributed by atoms with E-state index < -0.39 is 11.9 Å². The highest BCUT2D eigenvalue weighted by Gasteiger charge is 2.19. The number of nitrogens with one attached hydrogen (secondary N) is 2. The maximum Gasteiger partial charge on any atom is 0.337 e. The SMILES string of the molecule is Cc1ccc(Nc2cc(C(=O)O)c(Nc3ccccc3)cc2C(=O)O)cc1. The van der Waals surface area contributed by atoms with E-state index in [9.17, 15) is 19.8 Å². The van der Waals surface area contributed by atoms with Crippen molar-refractivity contribution in [1.29, 1.82) is 0 Å². The minimum atomic E-state index is -1.16. The normalized spacial score (nSPS) is 10.3. The van der Waals surface area contributed by atoms with Crippen LogP contribution in [0.1, 0.15) is 26.3 Å². The summed E-state index contributed by atoms with van der Waals surface area (Å²) in [5.74, 6) is -2.31. The second kappa shape index (κ2) is 7.61.